The highest BCUT2D eigenvalue weighted by molar-refractivity contribution is 5.57. The maximum absolute atomic E-state index is 10.4. The SMILES string of the molecule is Cc1ccccc1C(O)CCN1CCc2ccccc21. The van der Waals surface area contributed by atoms with Gasteiger partial charge in [0.2, 0.25) is 0 Å². The number of benzene rings is 2. The molecule has 0 radical (unpaired) electrons. The Balaban J connectivity index is 1.65. The van der Waals surface area contributed by atoms with Crippen molar-refractivity contribution in [3.8, 4) is 0 Å². The quantitative estimate of drug-likeness (QED) is 0.916. The molecule has 1 atom stereocenters. The third-order valence-corrected chi connectivity index (χ3v) is 4.20. The monoisotopic (exact) mass is 267 g/mol. The van der Waals surface area contributed by atoms with E-state index in [2.05, 4.69) is 42.2 Å². The van der Waals surface area contributed by atoms with Crippen LogP contribution in [0.2, 0.25) is 0 Å². The van der Waals surface area contributed by atoms with E-state index in [0.29, 0.717) is 0 Å². The van der Waals surface area contributed by atoms with E-state index in [1.165, 1.54) is 16.8 Å². The normalized spacial score (nSPS) is 15.2. The topological polar surface area (TPSA) is 23.5 Å². The van der Waals surface area contributed by atoms with Gasteiger partial charge in [-0.15, -0.1) is 0 Å². The lowest BCUT2D eigenvalue weighted by Crippen LogP contribution is -2.23. The van der Waals surface area contributed by atoms with E-state index in [0.717, 1.165) is 31.5 Å². The number of rotatable bonds is 4. The zero-order valence-corrected chi connectivity index (χ0v) is 11.9. The Morgan fingerprint density at radius 1 is 1.10 bits per heavy atom. The van der Waals surface area contributed by atoms with Crippen LogP contribution < -0.4 is 4.90 Å². The number of hydrogen-bond donors (Lipinski definition) is 1. The van der Waals surface area contributed by atoms with E-state index in [1.807, 2.05) is 18.2 Å². The first-order valence-electron chi connectivity index (χ1n) is 7.32. The van der Waals surface area contributed by atoms with Gasteiger partial charge in [0.25, 0.3) is 0 Å². The Kier molecular flexibility index (Phi) is 3.75. The Morgan fingerprint density at radius 2 is 1.85 bits per heavy atom. The number of aliphatic hydroxyl groups is 1. The molecule has 0 bridgehead atoms. The first-order valence-corrected chi connectivity index (χ1v) is 7.32. The summed E-state index contributed by atoms with van der Waals surface area (Å²) in [5.74, 6) is 0. The van der Waals surface area contributed by atoms with Gasteiger partial charge in [-0.1, -0.05) is 42.5 Å². The Morgan fingerprint density at radius 3 is 2.70 bits per heavy atom. The van der Waals surface area contributed by atoms with Crippen molar-refractivity contribution in [1.29, 1.82) is 0 Å². The summed E-state index contributed by atoms with van der Waals surface area (Å²) in [6.45, 7) is 4.04. The molecule has 2 aromatic carbocycles. The fraction of sp³-hybridized carbons (Fsp3) is 0.333. The zero-order chi connectivity index (χ0) is 13.9. The molecule has 0 aliphatic carbocycles. The van der Waals surface area contributed by atoms with Crippen molar-refractivity contribution in [2.75, 3.05) is 18.0 Å². The van der Waals surface area contributed by atoms with Crippen molar-refractivity contribution in [1.82, 2.24) is 0 Å². The first-order chi connectivity index (χ1) is 9.75. The summed E-state index contributed by atoms with van der Waals surface area (Å²) in [6, 6.07) is 16.7. The average molecular weight is 267 g/mol. The van der Waals surface area contributed by atoms with Crippen LogP contribution in [-0.4, -0.2) is 18.2 Å². The molecule has 0 fully saturated rings. The van der Waals surface area contributed by atoms with Gasteiger partial charge < -0.3 is 10.0 Å². The average Bonchev–Trinajstić information content (AvgIpc) is 2.88. The van der Waals surface area contributed by atoms with Crippen LogP contribution in [0.25, 0.3) is 0 Å². The lowest BCUT2D eigenvalue weighted by atomic mass is 10.0. The summed E-state index contributed by atoms with van der Waals surface area (Å²) in [5, 5.41) is 10.4. The second-order valence-corrected chi connectivity index (χ2v) is 5.53. The Bertz CT molecular complexity index is 593. The molecule has 20 heavy (non-hydrogen) atoms. The van der Waals surface area contributed by atoms with Gasteiger partial charge >= 0.3 is 0 Å². The highest BCUT2D eigenvalue weighted by Gasteiger charge is 2.19. The number of para-hydroxylation sites is 1. The van der Waals surface area contributed by atoms with Crippen LogP contribution >= 0.6 is 0 Å². The molecule has 0 saturated carbocycles. The summed E-state index contributed by atoms with van der Waals surface area (Å²) in [6.07, 6.45) is 1.53. The highest BCUT2D eigenvalue weighted by Crippen LogP contribution is 2.29. The van der Waals surface area contributed by atoms with E-state index in [1.54, 1.807) is 0 Å². The lowest BCUT2D eigenvalue weighted by molar-refractivity contribution is 0.169. The fourth-order valence-electron chi connectivity index (χ4n) is 3.03. The summed E-state index contributed by atoms with van der Waals surface area (Å²) in [5.41, 5.74) is 4.99. The van der Waals surface area contributed by atoms with Crippen LogP contribution in [0.5, 0.6) is 0 Å². The van der Waals surface area contributed by atoms with Gasteiger partial charge in [-0.25, -0.2) is 0 Å². The van der Waals surface area contributed by atoms with E-state index in [9.17, 15) is 5.11 Å². The summed E-state index contributed by atoms with van der Waals surface area (Å²) >= 11 is 0. The van der Waals surface area contributed by atoms with Crippen molar-refractivity contribution in [3.05, 3.63) is 65.2 Å². The molecular weight excluding hydrogens is 246 g/mol. The molecule has 2 heteroatoms. The molecule has 3 rings (SSSR count). The number of aryl methyl sites for hydroxylation is 1. The second kappa shape index (κ2) is 5.68. The van der Waals surface area contributed by atoms with Crippen molar-refractivity contribution in [2.45, 2.75) is 25.9 Å². The zero-order valence-electron chi connectivity index (χ0n) is 11.9. The summed E-state index contributed by atoms with van der Waals surface area (Å²) < 4.78 is 0. The molecule has 1 N–H and O–H groups in total. The Hall–Kier alpha value is -1.80. The van der Waals surface area contributed by atoms with Gasteiger partial charge in [0.1, 0.15) is 0 Å². The predicted octanol–water partition coefficient (Wildman–Crippen LogP) is 3.48. The molecule has 1 heterocycles. The molecule has 1 aliphatic rings. The van der Waals surface area contributed by atoms with Crippen LogP contribution in [-0.2, 0) is 6.42 Å². The molecular formula is C18H21NO. The molecule has 1 aliphatic heterocycles. The van der Waals surface area contributed by atoms with Gasteiger partial charge in [-0.2, -0.15) is 0 Å². The van der Waals surface area contributed by atoms with Crippen molar-refractivity contribution in [3.63, 3.8) is 0 Å². The molecule has 0 aromatic heterocycles. The third kappa shape index (κ3) is 2.56. The minimum atomic E-state index is -0.371. The van der Waals surface area contributed by atoms with Gasteiger partial charge in [-0.3, -0.25) is 0 Å². The van der Waals surface area contributed by atoms with Gasteiger partial charge in [0, 0.05) is 18.8 Å². The molecule has 0 spiro atoms. The second-order valence-electron chi connectivity index (χ2n) is 5.53. The summed E-state index contributed by atoms with van der Waals surface area (Å²) in [4.78, 5) is 2.39. The van der Waals surface area contributed by atoms with Gasteiger partial charge in [0.05, 0.1) is 6.10 Å². The third-order valence-electron chi connectivity index (χ3n) is 4.20. The summed E-state index contributed by atoms with van der Waals surface area (Å²) in [7, 11) is 0. The van der Waals surface area contributed by atoms with Gasteiger partial charge in [0.15, 0.2) is 0 Å². The van der Waals surface area contributed by atoms with Crippen LogP contribution in [0.3, 0.4) is 0 Å². The standard InChI is InChI=1S/C18H21NO/c1-14-6-2-4-8-16(14)18(20)11-13-19-12-10-15-7-3-5-9-17(15)19/h2-9,18,20H,10-13H2,1H3. The van der Waals surface area contributed by atoms with Crippen LogP contribution in [0.15, 0.2) is 48.5 Å². The van der Waals surface area contributed by atoms with Crippen LogP contribution in [0.1, 0.15) is 29.2 Å². The molecule has 104 valence electrons. The van der Waals surface area contributed by atoms with E-state index >= 15 is 0 Å². The number of nitrogens with zero attached hydrogens (tertiary/aromatic N) is 1. The number of hydrogen-bond acceptors (Lipinski definition) is 2. The van der Waals surface area contributed by atoms with Crippen LogP contribution in [0.4, 0.5) is 5.69 Å². The van der Waals surface area contributed by atoms with E-state index in [4.69, 9.17) is 0 Å². The molecule has 0 amide bonds. The number of aliphatic hydroxyl groups excluding tert-OH is 1. The molecule has 0 saturated heterocycles. The van der Waals surface area contributed by atoms with Crippen molar-refractivity contribution in [2.24, 2.45) is 0 Å². The number of fused-ring (bicyclic) bond motifs is 1. The number of anilines is 1. The molecule has 2 aromatic rings. The Labute approximate surface area is 120 Å². The van der Waals surface area contributed by atoms with Crippen molar-refractivity contribution < 1.29 is 5.11 Å². The molecule has 2 nitrogen and oxygen atoms in total. The maximum atomic E-state index is 10.4. The minimum absolute atomic E-state index is 0.371. The largest absolute Gasteiger partial charge is 0.388 e. The van der Waals surface area contributed by atoms with E-state index in [-0.39, 0.29) is 6.10 Å². The van der Waals surface area contributed by atoms with E-state index < -0.39 is 0 Å². The predicted molar refractivity (Wildman–Crippen MR) is 83.1 cm³/mol. The van der Waals surface area contributed by atoms with Gasteiger partial charge in [-0.05, 0) is 42.5 Å². The van der Waals surface area contributed by atoms with Crippen LogP contribution in [0, 0.1) is 6.92 Å². The first kappa shape index (κ1) is 13.2. The molecule has 1 unspecified atom stereocenters. The maximum Gasteiger partial charge on any atom is 0.0809 e. The fourth-order valence-corrected chi connectivity index (χ4v) is 3.03. The highest BCUT2D eigenvalue weighted by atomic mass is 16.3. The minimum Gasteiger partial charge on any atom is -0.388 e. The van der Waals surface area contributed by atoms with Crippen molar-refractivity contribution >= 4 is 5.69 Å². The smallest absolute Gasteiger partial charge is 0.0809 e. The lowest BCUT2D eigenvalue weighted by Gasteiger charge is -2.22.